The van der Waals surface area contributed by atoms with E-state index in [4.69, 9.17) is 11.6 Å². The van der Waals surface area contributed by atoms with Crippen molar-refractivity contribution < 1.29 is 17.6 Å². The molecule has 0 bridgehead atoms. The van der Waals surface area contributed by atoms with E-state index in [9.17, 15) is 17.6 Å². The largest absolute Gasteiger partial charge is 0.326 e. The number of hydrogen-bond donors (Lipinski definition) is 1. The molecule has 0 aliphatic carbocycles. The lowest BCUT2D eigenvalue weighted by atomic mass is 9.97. The van der Waals surface area contributed by atoms with Crippen molar-refractivity contribution in [1.82, 2.24) is 4.31 Å². The molecular weight excluding hydrogens is 403 g/mol. The molecule has 1 aliphatic heterocycles. The van der Waals surface area contributed by atoms with Crippen LogP contribution in [0.4, 0.5) is 10.1 Å². The number of nitrogens with zero attached hydrogens (tertiary/aromatic N) is 1. The van der Waals surface area contributed by atoms with Crippen LogP contribution in [0.25, 0.3) is 0 Å². The van der Waals surface area contributed by atoms with Gasteiger partial charge in [0.25, 0.3) is 0 Å². The monoisotopic (exact) mass is 424 g/mol. The summed E-state index contributed by atoms with van der Waals surface area (Å²) in [6.07, 6.45) is 0.905. The van der Waals surface area contributed by atoms with E-state index in [-0.39, 0.29) is 30.7 Å². The van der Waals surface area contributed by atoms with E-state index in [0.29, 0.717) is 29.1 Å². The van der Waals surface area contributed by atoms with Gasteiger partial charge in [0, 0.05) is 29.7 Å². The van der Waals surface area contributed by atoms with Crippen LogP contribution >= 0.6 is 11.6 Å². The summed E-state index contributed by atoms with van der Waals surface area (Å²) in [4.78, 5) is 12.6. The molecule has 1 N–H and O–H groups in total. The molecule has 1 aliphatic rings. The third-order valence-electron chi connectivity index (χ3n) is 5.01. The number of carbonyl (C=O) groups excluding carboxylic acids is 1. The number of anilines is 1. The standard InChI is InChI=1S/C20H22ClFN2O3S/c1-14-18(21)3-2-4-19(14)23-20(25)16-9-11-24(12-10-16)28(26,27)13-15-5-7-17(22)8-6-15/h2-8,16H,9-13H2,1H3,(H,23,25). The number of sulfonamides is 1. The van der Waals surface area contributed by atoms with Gasteiger partial charge in [-0.1, -0.05) is 29.8 Å². The minimum absolute atomic E-state index is 0.124. The first-order valence-corrected chi connectivity index (χ1v) is 11.0. The number of benzene rings is 2. The van der Waals surface area contributed by atoms with Gasteiger partial charge in [0.15, 0.2) is 0 Å². The summed E-state index contributed by atoms with van der Waals surface area (Å²) in [5, 5.41) is 3.48. The maximum atomic E-state index is 13.0. The Labute approximate surface area is 169 Å². The minimum Gasteiger partial charge on any atom is -0.326 e. The van der Waals surface area contributed by atoms with Gasteiger partial charge in [-0.15, -0.1) is 0 Å². The Kier molecular flexibility index (Phi) is 6.37. The highest BCUT2D eigenvalue weighted by molar-refractivity contribution is 7.88. The van der Waals surface area contributed by atoms with Crippen molar-refractivity contribution in [2.75, 3.05) is 18.4 Å². The Morgan fingerprint density at radius 2 is 1.82 bits per heavy atom. The van der Waals surface area contributed by atoms with E-state index in [2.05, 4.69) is 5.32 Å². The molecule has 2 aromatic rings. The zero-order valence-corrected chi connectivity index (χ0v) is 17.1. The molecule has 3 rings (SSSR count). The summed E-state index contributed by atoms with van der Waals surface area (Å²) in [6, 6.07) is 10.8. The van der Waals surface area contributed by atoms with Crippen molar-refractivity contribution in [2.24, 2.45) is 5.92 Å². The molecule has 5 nitrogen and oxygen atoms in total. The molecule has 0 radical (unpaired) electrons. The first-order valence-electron chi connectivity index (χ1n) is 9.04. The molecule has 0 atom stereocenters. The number of carbonyl (C=O) groups is 1. The number of nitrogens with one attached hydrogen (secondary N) is 1. The van der Waals surface area contributed by atoms with Crippen LogP contribution in [-0.4, -0.2) is 31.7 Å². The highest BCUT2D eigenvalue weighted by Gasteiger charge is 2.31. The van der Waals surface area contributed by atoms with Gasteiger partial charge in [-0.05, 0) is 55.2 Å². The predicted octanol–water partition coefficient (Wildman–Crippen LogP) is 3.97. The lowest BCUT2D eigenvalue weighted by molar-refractivity contribution is -0.120. The molecule has 0 spiro atoms. The fraction of sp³-hybridized carbons (Fsp3) is 0.350. The lowest BCUT2D eigenvalue weighted by Crippen LogP contribution is -2.41. The molecule has 1 heterocycles. The van der Waals surface area contributed by atoms with Crippen LogP contribution in [0.2, 0.25) is 5.02 Å². The zero-order valence-electron chi connectivity index (χ0n) is 15.5. The van der Waals surface area contributed by atoms with Crippen molar-refractivity contribution in [2.45, 2.75) is 25.5 Å². The van der Waals surface area contributed by atoms with Crippen LogP contribution in [0.3, 0.4) is 0 Å². The quantitative estimate of drug-likeness (QED) is 0.789. The highest BCUT2D eigenvalue weighted by atomic mass is 35.5. The minimum atomic E-state index is -3.51. The summed E-state index contributed by atoms with van der Waals surface area (Å²) in [7, 11) is -3.51. The summed E-state index contributed by atoms with van der Waals surface area (Å²) in [5.74, 6) is -0.953. The molecule has 1 saturated heterocycles. The molecular formula is C20H22ClFN2O3S. The van der Waals surface area contributed by atoms with Crippen LogP contribution in [0.5, 0.6) is 0 Å². The molecule has 0 saturated carbocycles. The number of hydrogen-bond acceptors (Lipinski definition) is 3. The fourth-order valence-corrected chi connectivity index (χ4v) is 4.99. The second kappa shape index (κ2) is 8.59. The number of halogens is 2. The van der Waals surface area contributed by atoms with Gasteiger partial charge < -0.3 is 5.32 Å². The Morgan fingerprint density at radius 3 is 2.46 bits per heavy atom. The number of amides is 1. The van der Waals surface area contributed by atoms with Gasteiger partial charge >= 0.3 is 0 Å². The van der Waals surface area contributed by atoms with E-state index in [0.717, 1.165) is 5.56 Å². The van der Waals surface area contributed by atoms with Gasteiger partial charge in [-0.25, -0.2) is 17.1 Å². The van der Waals surface area contributed by atoms with E-state index < -0.39 is 15.8 Å². The summed E-state index contributed by atoms with van der Waals surface area (Å²) in [6.45, 7) is 2.41. The van der Waals surface area contributed by atoms with Crippen molar-refractivity contribution in [3.8, 4) is 0 Å². The average Bonchev–Trinajstić information content (AvgIpc) is 2.67. The second-order valence-corrected chi connectivity index (χ2v) is 9.33. The SMILES string of the molecule is Cc1c(Cl)cccc1NC(=O)C1CCN(S(=O)(=O)Cc2ccc(F)cc2)CC1. The molecule has 28 heavy (non-hydrogen) atoms. The summed E-state index contributed by atoms with van der Waals surface area (Å²) in [5.41, 5.74) is 2.01. The van der Waals surface area contributed by atoms with Gasteiger partial charge in [0.05, 0.1) is 5.75 Å². The number of piperidine rings is 1. The second-order valence-electron chi connectivity index (χ2n) is 6.96. The Bertz CT molecular complexity index is 956. The van der Waals surface area contributed by atoms with Crippen LogP contribution in [-0.2, 0) is 20.6 Å². The van der Waals surface area contributed by atoms with Crippen molar-refractivity contribution >= 4 is 33.2 Å². The maximum Gasteiger partial charge on any atom is 0.227 e. The van der Waals surface area contributed by atoms with E-state index >= 15 is 0 Å². The molecule has 0 aromatic heterocycles. The van der Waals surface area contributed by atoms with E-state index in [1.54, 1.807) is 18.2 Å². The van der Waals surface area contributed by atoms with Crippen molar-refractivity contribution in [3.05, 3.63) is 64.4 Å². The first-order chi connectivity index (χ1) is 13.3. The zero-order chi connectivity index (χ0) is 20.3. The summed E-state index contributed by atoms with van der Waals surface area (Å²) < 4.78 is 39.6. The normalized spacial score (nSPS) is 16.1. The van der Waals surface area contributed by atoms with Crippen molar-refractivity contribution in [1.29, 1.82) is 0 Å². The van der Waals surface area contributed by atoms with Gasteiger partial charge in [0.1, 0.15) is 5.82 Å². The molecule has 8 heteroatoms. The van der Waals surface area contributed by atoms with Crippen molar-refractivity contribution in [3.63, 3.8) is 0 Å². The van der Waals surface area contributed by atoms with Gasteiger partial charge in [0.2, 0.25) is 15.9 Å². The smallest absolute Gasteiger partial charge is 0.227 e. The van der Waals surface area contributed by atoms with Crippen LogP contribution in [0, 0.1) is 18.7 Å². The summed E-state index contributed by atoms with van der Waals surface area (Å²) >= 11 is 6.08. The molecule has 0 unspecified atom stereocenters. The van der Waals surface area contributed by atoms with E-state index in [1.165, 1.54) is 28.6 Å². The van der Waals surface area contributed by atoms with Gasteiger partial charge in [-0.3, -0.25) is 4.79 Å². The Morgan fingerprint density at radius 1 is 1.18 bits per heavy atom. The highest BCUT2D eigenvalue weighted by Crippen LogP contribution is 2.26. The van der Waals surface area contributed by atoms with Gasteiger partial charge in [-0.2, -0.15) is 0 Å². The topological polar surface area (TPSA) is 66.5 Å². The van der Waals surface area contributed by atoms with Crippen LogP contribution in [0.1, 0.15) is 24.0 Å². The van der Waals surface area contributed by atoms with Crippen LogP contribution < -0.4 is 5.32 Å². The molecule has 2 aromatic carbocycles. The average molecular weight is 425 g/mol. The molecule has 150 valence electrons. The fourth-order valence-electron chi connectivity index (χ4n) is 3.26. The third kappa shape index (κ3) is 4.90. The maximum absolute atomic E-state index is 13.0. The third-order valence-corrected chi connectivity index (χ3v) is 7.27. The Hall–Kier alpha value is -1.96. The lowest BCUT2D eigenvalue weighted by Gasteiger charge is -2.30. The Balaban J connectivity index is 1.58. The molecule has 1 amide bonds. The van der Waals surface area contributed by atoms with E-state index in [1.807, 2.05) is 6.92 Å². The predicted molar refractivity (Wildman–Crippen MR) is 108 cm³/mol. The molecule has 1 fully saturated rings. The number of rotatable bonds is 5. The first kappa shape index (κ1) is 20.8. The van der Waals surface area contributed by atoms with Crippen LogP contribution in [0.15, 0.2) is 42.5 Å².